The number of hydrogen-bond donors (Lipinski definition) is 1. The summed E-state index contributed by atoms with van der Waals surface area (Å²) in [7, 11) is 0. The number of ether oxygens (including phenoxy) is 1. The molecular weight excluding hydrogens is 277 g/mol. The van der Waals surface area contributed by atoms with Gasteiger partial charge in [0.2, 0.25) is 0 Å². The number of rotatable bonds is 3. The zero-order valence-electron chi connectivity index (χ0n) is 8.67. The predicted octanol–water partition coefficient (Wildman–Crippen LogP) is 2.45. The third-order valence-corrected chi connectivity index (χ3v) is 2.47. The fraction of sp³-hybridized carbons (Fsp3) is 0.182. The first-order valence-corrected chi connectivity index (χ1v) is 5.43. The first-order chi connectivity index (χ1) is 7.54. The predicted molar refractivity (Wildman–Crippen MR) is 62.9 cm³/mol. The number of esters is 1. The highest BCUT2D eigenvalue weighted by Crippen LogP contribution is 2.20. The van der Waals surface area contributed by atoms with Crippen LogP contribution in [0.5, 0.6) is 0 Å². The molecule has 1 aromatic rings. The standard InChI is InChI=1S/C11H11BrFNO2/c1-2-16-11(15)10(14)5-7-3-4-8(13)6-9(7)12/h3-6H,2,14H2,1H3/b10-5-. The van der Waals surface area contributed by atoms with Crippen molar-refractivity contribution in [3.8, 4) is 0 Å². The molecule has 0 aliphatic carbocycles. The fourth-order valence-corrected chi connectivity index (χ4v) is 1.52. The summed E-state index contributed by atoms with van der Waals surface area (Å²) in [5, 5.41) is 0. The molecule has 0 atom stereocenters. The molecule has 0 unspecified atom stereocenters. The van der Waals surface area contributed by atoms with Crippen molar-refractivity contribution >= 4 is 28.0 Å². The molecule has 0 aromatic heterocycles. The Morgan fingerprint density at radius 1 is 1.62 bits per heavy atom. The van der Waals surface area contributed by atoms with Crippen molar-refractivity contribution in [2.75, 3.05) is 6.61 Å². The summed E-state index contributed by atoms with van der Waals surface area (Å²) >= 11 is 3.17. The Labute approximate surface area is 101 Å². The average Bonchev–Trinajstić information content (AvgIpc) is 2.22. The monoisotopic (exact) mass is 287 g/mol. The van der Waals surface area contributed by atoms with E-state index in [9.17, 15) is 9.18 Å². The Morgan fingerprint density at radius 2 is 2.31 bits per heavy atom. The van der Waals surface area contributed by atoms with E-state index in [0.717, 1.165) is 0 Å². The van der Waals surface area contributed by atoms with E-state index in [2.05, 4.69) is 15.9 Å². The van der Waals surface area contributed by atoms with E-state index in [1.165, 1.54) is 24.3 Å². The number of hydrogen-bond acceptors (Lipinski definition) is 3. The van der Waals surface area contributed by atoms with Crippen LogP contribution in [-0.2, 0) is 9.53 Å². The van der Waals surface area contributed by atoms with Gasteiger partial charge in [0.1, 0.15) is 11.5 Å². The Kier molecular flexibility index (Phi) is 4.49. The van der Waals surface area contributed by atoms with Crippen molar-refractivity contribution in [3.63, 3.8) is 0 Å². The van der Waals surface area contributed by atoms with Gasteiger partial charge in [-0.2, -0.15) is 0 Å². The first kappa shape index (κ1) is 12.7. The maximum atomic E-state index is 12.8. The highest BCUT2D eigenvalue weighted by molar-refractivity contribution is 9.10. The zero-order valence-corrected chi connectivity index (χ0v) is 10.3. The van der Waals surface area contributed by atoms with E-state index >= 15 is 0 Å². The molecule has 0 amide bonds. The van der Waals surface area contributed by atoms with Crippen molar-refractivity contribution < 1.29 is 13.9 Å². The van der Waals surface area contributed by atoms with E-state index in [1.807, 2.05) is 0 Å². The number of nitrogens with two attached hydrogens (primary N) is 1. The van der Waals surface area contributed by atoms with Crippen LogP contribution in [0.2, 0.25) is 0 Å². The lowest BCUT2D eigenvalue weighted by atomic mass is 10.2. The van der Waals surface area contributed by atoms with Gasteiger partial charge in [-0.15, -0.1) is 0 Å². The molecule has 0 saturated carbocycles. The lowest BCUT2D eigenvalue weighted by Gasteiger charge is -2.03. The summed E-state index contributed by atoms with van der Waals surface area (Å²) < 4.78 is 18.0. The van der Waals surface area contributed by atoms with Crippen LogP contribution in [0.15, 0.2) is 28.4 Å². The van der Waals surface area contributed by atoms with Crippen LogP contribution in [0.3, 0.4) is 0 Å². The van der Waals surface area contributed by atoms with Crippen molar-refractivity contribution in [2.24, 2.45) is 5.73 Å². The first-order valence-electron chi connectivity index (χ1n) is 4.64. The molecule has 2 N–H and O–H groups in total. The Bertz CT molecular complexity index is 432. The van der Waals surface area contributed by atoms with Crippen LogP contribution < -0.4 is 5.73 Å². The third-order valence-electron chi connectivity index (χ3n) is 1.78. The fourth-order valence-electron chi connectivity index (χ4n) is 1.06. The van der Waals surface area contributed by atoms with Crippen LogP contribution in [0.4, 0.5) is 4.39 Å². The van der Waals surface area contributed by atoms with Crippen LogP contribution in [-0.4, -0.2) is 12.6 Å². The molecule has 0 bridgehead atoms. The molecule has 86 valence electrons. The van der Waals surface area contributed by atoms with E-state index in [-0.39, 0.29) is 18.1 Å². The van der Waals surface area contributed by atoms with Gasteiger partial charge < -0.3 is 10.5 Å². The molecule has 1 rings (SSSR count). The minimum Gasteiger partial charge on any atom is -0.461 e. The van der Waals surface area contributed by atoms with Gasteiger partial charge in [0.25, 0.3) is 0 Å². The largest absolute Gasteiger partial charge is 0.461 e. The average molecular weight is 288 g/mol. The summed E-state index contributed by atoms with van der Waals surface area (Å²) in [4.78, 5) is 11.2. The molecule has 0 fully saturated rings. The summed E-state index contributed by atoms with van der Waals surface area (Å²) in [5.74, 6) is -0.947. The third kappa shape index (κ3) is 3.34. The van der Waals surface area contributed by atoms with Gasteiger partial charge >= 0.3 is 5.97 Å². The highest BCUT2D eigenvalue weighted by atomic mass is 79.9. The smallest absolute Gasteiger partial charge is 0.354 e. The SMILES string of the molecule is CCOC(=O)/C(N)=C/c1ccc(F)cc1Br. The lowest BCUT2D eigenvalue weighted by Crippen LogP contribution is -2.14. The van der Waals surface area contributed by atoms with Crippen molar-refractivity contribution in [1.29, 1.82) is 0 Å². The number of benzene rings is 1. The Morgan fingerprint density at radius 3 is 2.88 bits per heavy atom. The highest BCUT2D eigenvalue weighted by Gasteiger charge is 2.07. The second-order valence-electron chi connectivity index (χ2n) is 2.99. The maximum absolute atomic E-state index is 12.8. The quantitative estimate of drug-likeness (QED) is 0.686. The molecule has 0 spiro atoms. The van der Waals surface area contributed by atoms with Crippen LogP contribution in [0, 0.1) is 5.82 Å². The number of carbonyl (C=O) groups excluding carboxylic acids is 1. The molecule has 3 nitrogen and oxygen atoms in total. The summed E-state index contributed by atoms with van der Waals surface area (Å²) in [6.07, 6.45) is 1.43. The molecule has 16 heavy (non-hydrogen) atoms. The molecule has 5 heteroatoms. The minimum absolute atomic E-state index is 0.0193. The molecule has 0 saturated heterocycles. The molecule has 0 heterocycles. The van der Waals surface area contributed by atoms with E-state index < -0.39 is 5.97 Å². The summed E-state index contributed by atoms with van der Waals surface area (Å²) in [6, 6.07) is 4.10. The lowest BCUT2D eigenvalue weighted by molar-refractivity contribution is -0.138. The van der Waals surface area contributed by atoms with Gasteiger partial charge in [0, 0.05) is 4.47 Å². The van der Waals surface area contributed by atoms with Gasteiger partial charge in [0.05, 0.1) is 6.61 Å². The van der Waals surface area contributed by atoms with Crippen molar-refractivity contribution in [3.05, 3.63) is 39.7 Å². The molecule has 0 aliphatic rings. The molecular formula is C11H11BrFNO2. The zero-order chi connectivity index (χ0) is 12.1. The topological polar surface area (TPSA) is 52.3 Å². The molecule has 1 aromatic carbocycles. The summed E-state index contributed by atoms with van der Waals surface area (Å²) in [5.41, 5.74) is 6.11. The van der Waals surface area contributed by atoms with Crippen LogP contribution in [0.25, 0.3) is 6.08 Å². The van der Waals surface area contributed by atoms with Crippen LogP contribution >= 0.6 is 15.9 Å². The van der Waals surface area contributed by atoms with Gasteiger partial charge in [-0.05, 0) is 30.7 Å². The normalized spacial score (nSPS) is 11.3. The number of carbonyl (C=O) groups is 1. The van der Waals surface area contributed by atoms with Gasteiger partial charge in [-0.25, -0.2) is 9.18 Å². The second-order valence-corrected chi connectivity index (χ2v) is 3.84. The Hall–Kier alpha value is -1.36. The van der Waals surface area contributed by atoms with Crippen molar-refractivity contribution in [2.45, 2.75) is 6.92 Å². The van der Waals surface area contributed by atoms with Crippen molar-refractivity contribution in [1.82, 2.24) is 0 Å². The van der Waals surface area contributed by atoms with Gasteiger partial charge in [0.15, 0.2) is 0 Å². The van der Waals surface area contributed by atoms with E-state index in [0.29, 0.717) is 10.0 Å². The minimum atomic E-state index is -0.585. The number of halogens is 2. The summed E-state index contributed by atoms with van der Waals surface area (Å²) in [6.45, 7) is 1.96. The van der Waals surface area contributed by atoms with E-state index in [1.54, 1.807) is 6.92 Å². The maximum Gasteiger partial charge on any atom is 0.354 e. The Balaban J connectivity index is 2.94. The second kappa shape index (κ2) is 5.65. The van der Waals surface area contributed by atoms with E-state index in [4.69, 9.17) is 10.5 Å². The van der Waals surface area contributed by atoms with Crippen LogP contribution in [0.1, 0.15) is 12.5 Å². The van der Waals surface area contributed by atoms with Gasteiger partial charge in [-0.1, -0.05) is 22.0 Å². The molecule has 0 aliphatic heterocycles. The van der Waals surface area contributed by atoms with Gasteiger partial charge in [-0.3, -0.25) is 0 Å². The molecule has 0 radical (unpaired) electrons.